The summed E-state index contributed by atoms with van der Waals surface area (Å²) in [5, 5.41) is 2.98. The monoisotopic (exact) mass is 323 g/mol. The molecule has 0 spiro atoms. The number of carbonyl (C=O) groups excluding carboxylic acids is 1. The normalized spacial score (nSPS) is 14.8. The molecule has 3 heteroatoms. The van der Waals surface area contributed by atoms with Crippen LogP contribution in [-0.2, 0) is 10.3 Å². The molecule has 2 aromatic carbocycles. The first-order valence-electron chi connectivity index (χ1n) is 8.60. The van der Waals surface area contributed by atoms with Crippen molar-refractivity contribution in [2.75, 3.05) is 0 Å². The zero-order valence-corrected chi connectivity index (χ0v) is 14.6. The Morgan fingerprint density at radius 1 is 1.00 bits per heavy atom. The molecule has 1 N–H and O–H groups in total. The topological polar surface area (TPSA) is 38.3 Å². The molecule has 1 saturated carbocycles. The first kappa shape index (κ1) is 16.6. The van der Waals surface area contributed by atoms with Crippen molar-refractivity contribution in [2.24, 2.45) is 0 Å². The highest BCUT2D eigenvalue weighted by Crippen LogP contribution is 2.29. The van der Waals surface area contributed by atoms with Crippen LogP contribution in [0.4, 0.5) is 0 Å². The first-order chi connectivity index (χ1) is 11.4. The van der Waals surface area contributed by atoms with E-state index in [-0.39, 0.29) is 11.4 Å². The summed E-state index contributed by atoms with van der Waals surface area (Å²) in [6, 6.07) is 16.6. The van der Waals surface area contributed by atoms with Crippen molar-refractivity contribution in [1.82, 2.24) is 5.32 Å². The Kier molecular flexibility index (Phi) is 4.61. The average Bonchev–Trinajstić information content (AvgIpc) is 2.50. The van der Waals surface area contributed by atoms with E-state index in [4.69, 9.17) is 4.74 Å². The Hall–Kier alpha value is -2.29. The van der Waals surface area contributed by atoms with Gasteiger partial charge in [-0.05, 0) is 61.9 Å². The van der Waals surface area contributed by atoms with Crippen LogP contribution >= 0.6 is 0 Å². The summed E-state index contributed by atoms with van der Waals surface area (Å²) < 4.78 is 5.90. The molecule has 1 aliphatic rings. The fraction of sp³-hybridized carbons (Fsp3) is 0.381. The van der Waals surface area contributed by atoms with Crippen LogP contribution in [0.15, 0.2) is 48.5 Å². The molecule has 0 heterocycles. The maximum Gasteiger partial charge on any atom is 0.217 e. The van der Waals surface area contributed by atoms with Crippen molar-refractivity contribution in [3.63, 3.8) is 0 Å². The number of carbonyl (C=O) groups is 1. The van der Waals surface area contributed by atoms with Gasteiger partial charge in [0.15, 0.2) is 0 Å². The molecule has 3 rings (SSSR count). The van der Waals surface area contributed by atoms with E-state index < -0.39 is 0 Å². The molecular weight excluding hydrogens is 298 g/mol. The highest BCUT2D eigenvalue weighted by molar-refractivity contribution is 5.74. The fourth-order valence-electron chi connectivity index (χ4n) is 3.00. The van der Waals surface area contributed by atoms with Crippen LogP contribution in [0.25, 0.3) is 11.1 Å². The van der Waals surface area contributed by atoms with Crippen molar-refractivity contribution in [3.05, 3.63) is 54.1 Å². The molecule has 0 aromatic heterocycles. The van der Waals surface area contributed by atoms with Crippen molar-refractivity contribution < 1.29 is 9.53 Å². The molecule has 126 valence electrons. The molecule has 0 bridgehead atoms. The van der Waals surface area contributed by atoms with E-state index in [0.717, 1.165) is 16.9 Å². The van der Waals surface area contributed by atoms with Crippen LogP contribution in [0.5, 0.6) is 5.75 Å². The molecule has 0 atom stereocenters. The standard InChI is InChI=1S/C21H25NO2/c1-15(23)22-21(2,3)18-11-7-16(8-12-18)17-9-13-20(14-10-17)24-19-5-4-6-19/h7-14,19H,4-6H2,1-3H3,(H,22,23). The zero-order chi connectivity index (χ0) is 17.2. The summed E-state index contributed by atoms with van der Waals surface area (Å²) in [7, 11) is 0. The number of hydrogen-bond donors (Lipinski definition) is 1. The van der Waals surface area contributed by atoms with Gasteiger partial charge in [0.2, 0.25) is 5.91 Å². The quantitative estimate of drug-likeness (QED) is 0.869. The molecule has 0 saturated heterocycles. The van der Waals surface area contributed by atoms with E-state index in [9.17, 15) is 4.79 Å². The van der Waals surface area contributed by atoms with Crippen molar-refractivity contribution in [1.29, 1.82) is 0 Å². The van der Waals surface area contributed by atoms with Gasteiger partial charge < -0.3 is 10.1 Å². The summed E-state index contributed by atoms with van der Waals surface area (Å²) in [6.07, 6.45) is 4.04. The van der Waals surface area contributed by atoms with Gasteiger partial charge in [-0.2, -0.15) is 0 Å². The minimum Gasteiger partial charge on any atom is -0.490 e. The van der Waals surface area contributed by atoms with E-state index in [0.29, 0.717) is 6.10 Å². The molecule has 0 radical (unpaired) electrons. The Balaban J connectivity index is 1.71. The van der Waals surface area contributed by atoms with Gasteiger partial charge in [0.05, 0.1) is 11.6 Å². The lowest BCUT2D eigenvalue weighted by Gasteiger charge is -2.26. The first-order valence-corrected chi connectivity index (χ1v) is 8.60. The summed E-state index contributed by atoms with van der Waals surface area (Å²) >= 11 is 0. The predicted octanol–water partition coefficient (Wildman–Crippen LogP) is 4.66. The second-order valence-electron chi connectivity index (χ2n) is 7.08. The largest absolute Gasteiger partial charge is 0.490 e. The summed E-state index contributed by atoms with van der Waals surface area (Å²) in [6.45, 7) is 5.56. The minimum atomic E-state index is -0.370. The Morgan fingerprint density at radius 3 is 2.00 bits per heavy atom. The van der Waals surface area contributed by atoms with Crippen LogP contribution in [-0.4, -0.2) is 12.0 Å². The number of nitrogens with one attached hydrogen (secondary N) is 1. The maximum absolute atomic E-state index is 11.3. The number of ether oxygens (including phenoxy) is 1. The van der Waals surface area contributed by atoms with Gasteiger partial charge in [0, 0.05) is 6.92 Å². The van der Waals surface area contributed by atoms with E-state index in [1.165, 1.54) is 24.8 Å². The Labute approximate surface area is 144 Å². The van der Waals surface area contributed by atoms with E-state index in [1.807, 2.05) is 26.0 Å². The third kappa shape index (κ3) is 3.78. The van der Waals surface area contributed by atoms with Crippen LogP contribution in [0.1, 0.15) is 45.6 Å². The maximum atomic E-state index is 11.3. The van der Waals surface area contributed by atoms with E-state index in [1.54, 1.807) is 6.92 Å². The number of hydrogen-bond acceptors (Lipinski definition) is 2. The molecule has 0 unspecified atom stereocenters. The molecule has 2 aromatic rings. The Bertz CT molecular complexity index is 698. The number of rotatable bonds is 5. The lowest BCUT2D eigenvalue weighted by atomic mass is 9.92. The second kappa shape index (κ2) is 6.68. The van der Waals surface area contributed by atoms with E-state index in [2.05, 4.69) is 41.7 Å². The van der Waals surface area contributed by atoms with Crippen molar-refractivity contribution >= 4 is 5.91 Å². The number of benzene rings is 2. The predicted molar refractivity (Wildman–Crippen MR) is 97.0 cm³/mol. The van der Waals surface area contributed by atoms with Crippen LogP contribution in [0.2, 0.25) is 0 Å². The highest BCUT2D eigenvalue weighted by Gasteiger charge is 2.21. The molecular formula is C21H25NO2. The molecule has 1 amide bonds. The summed E-state index contributed by atoms with van der Waals surface area (Å²) in [5.41, 5.74) is 3.05. The Morgan fingerprint density at radius 2 is 1.54 bits per heavy atom. The van der Waals surface area contributed by atoms with Crippen LogP contribution in [0, 0.1) is 0 Å². The highest BCUT2D eigenvalue weighted by atomic mass is 16.5. The van der Waals surface area contributed by atoms with Gasteiger partial charge in [-0.1, -0.05) is 36.4 Å². The molecule has 0 aliphatic heterocycles. The molecule has 1 fully saturated rings. The average molecular weight is 323 g/mol. The van der Waals surface area contributed by atoms with Gasteiger partial charge in [-0.15, -0.1) is 0 Å². The van der Waals surface area contributed by atoms with Crippen molar-refractivity contribution in [2.45, 2.75) is 51.7 Å². The van der Waals surface area contributed by atoms with Crippen molar-refractivity contribution in [3.8, 4) is 16.9 Å². The number of amides is 1. The van der Waals surface area contributed by atoms with E-state index >= 15 is 0 Å². The second-order valence-corrected chi connectivity index (χ2v) is 7.08. The van der Waals surface area contributed by atoms with Crippen LogP contribution in [0.3, 0.4) is 0 Å². The third-order valence-corrected chi connectivity index (χ3v) is 4.64. The van der Waals surface area contributed by atoms with Gasteiger partial charge in [-0.3, -0.25) is 4.79 Å². The molecule has 3 nitrogen and oxygen atoms in total. The van der Waals surface area contributed by atoms with Crippen LogP contribution < -0.4 is 10.1 Å². The lowest BCUT2D eigenvalue weighted by molar-refractivity contribution is -0.120. The molecule has 1 aliphatic carbocycles. The SMILES string of the molecule is CC(=O)NC(C)(C)c1ccc(-c2ccc(OC3CCC3)cc2)cc1. The lowest BCUT2D eigenvalue weighted by Crippen LogP contribution is -2.39. The minimum absolute atomic E-state index is 0.0221. The summed E-state index contributed by atoms with van der Waals surface area (Å²) in [4.78, 5) is 11.3. The van der Waals surface area contributed by atoms with Gasteiger partial charge in [0.1, 0.15) is 5.75 Å². The molecule has 24 heavy (non-hydrogen) atoms. The van der Waals surface area contributed by atoms with Gasteiger partial charge in [-0.25, -0.2) is 0 Å². The van der Waals surface area contributed by atoms with Gasteiger partial charge in [0.25, 0.3) is 0 Å². The third-order valence-electron chi connectivity index (χ3n) is 4.64. The van der Waals surface area contributed by atoms with Gasteiger partial charge >= 0.3 is 0 Å². The fourth-order valence-corrected chi connectivity index (χ4v) is 3.00. The zero-order valence-electron chi connectivity index (χ0n) is 14.6. The smallest absolute Gasteiger partial charge is 0.217 e. The summed E-state index contributed by atoms with van der Waals surface area (Å²) in [5.74, 6) is 0.929.